The van der Waals surface area contributed by atoms with Gasteiger partial charge < -0.3 is 14.4 Å². The van der Waals surface area contributed by atoms with Crippen molar-refractivity contribution in [2.45, 2.75) is 26.5 Å². The van der Waals surface area contributed by atoms with Crippen LogP contribution in [0.25, 0.3) is 0 Å². The summed E-state index contributed by atoms with van der Waals surface area (Å²) in [5.74, 6) is 1.35. The molecule has 0 aliphatic rings. The molecule has 0 N–H and O–H groups in total. The van der Waals surface area contributed by atoms with Gasteiger partial charge in [-0.05, 0) is 43.7 Å². The molecule has 0 aliphatic heterocycles. The zero-order valence-corrected chi connectivity index (χ0v) is 14.1. The normalized spacial score (nSPS) is 11.7. The maximum absolute atomic E-state index is 12.4. The predicted molar refractivity (Wildman–Crippen MR) is 90.7 cm³/mol. The number of likely N-dealkylation sites (N-methyl/N-ethyl adjacent to an activating group) is 1. The molecule has 4 heteroatoms. The third-order valence-corrected chi connectivity index (χ3v) is 3.64. The molecule has 0 radical (unpaired) electrons. The van der Waals surface area contributed by atoms with E-state index >= 15 is 0 Å². The van der Waals surface area contributed by atoms with E-state index in [9.17, 15) is 4.79 Å². The molecule has 0 bridgehead atoms. The van der Waals surface area contributed by atoms with E-state index in [1.165, 1.54) is 5.56 Å². The Labute approximate surface area is 137 Å². The van der Waals surface area contributed by atoms with Crippen LogP contribution in [0.3, 0.4) is 0 Å². The van der Waals surface area contributed by atoms with Crippen LogP contribution in [-0.4, -0.2) is 31.1 Å². The van der Waals surface area contributed by atoms with Crippen LogP contribution in [0.4, 0.5) is 0 Å². The highest BCUT2D eigenvalue weighted by Crippen LogP contribution is 2.18. The molecule has 4 nitrogen and oxygen atoms in total. The molecule has 1 amide bonds. The minimum atomic E-state index is -0.543. The summed E-state index contributed by atoms with van der Waals surface area (Å²) in [5.41, 5.74) is 2.31. The third kappa shape index (κ3) is 4.74. The first-order valence-electron chi connectivity index (χ1n) is 7.61. The average molecular weight is 313 g/mol. The number of hydrogen-bond acceptors (Lipinski definition) is 3. The Balaban J connectivity index is 1.93. The lowest BCUT2D eigenvalue weighted by molar-refractivity contribution is -0.137. The lowest BCUT2D eigenvalue weighted by Gasteiger charge is -2.22. The number of benzene rings is 2. The lowest BCUT2D eigenvalue weighted by Crippen LogP contribution is -2.37. The molecule has 2 rings (SSSR count). The largest absolute Gasteiger partial charge is 0.497 e. The first kappa shape index (κ1) is 16.9. The number of carbonyl (C=O) groups excluding carboxylic acids is 1. The number of methoxy groups -OCH3 is 1. The van der Waals surface area contributed by atoms with E-state index in [4.69, 9.17) is 9.47 Å². The maximum Gasteiger partial charge on any atom is 0.263 e. The zero-order valence-electron chi connectivity index (χ0n) is 14.1. The standard InChI is InChI=1S/C19H23NO3/c1-14-5-7-16(8-6-14)13-20(3)19(21)15(2)23-18-11-9-17(22-4)10-12-18/h5-12,15H,13H2,1-4H3/t15-/m1/s1. The minimum Gasteiger partial charge on any atom is -0.497 e. The van der Waals surface area contributed by atoms with Gasteiger partial charge in [0.2, 0.25) is 0 Å². The molecule has 0 spiro atoms. The van der Waals surface area contributed by atoms with Crippen molar-refractivity contribution in [3.8, 4) is 11.5 Å². The fraction of sp³-hybridized carbons (Fsp3) is 0.316. The van der Waals surface area contributed by atoms with Crippen molar-refractivity contribution < 1.29 is 14.3 Å². The lowest BCUT2D eigenvalue weighted by atomic mass is 10.1. The van der Waals surface area contributed by atoms with Crippen LogP contribution >= 0.6 is 0 Å². The van der Waals surface area contributed by atoms with E-state index in [-0.39, 0.29) is 5.91 Å². The minimum absolute atomic E-state index is 0.0543. The SMILES string of the molecule is COc1ccc(O[C@H](C)C(=O)N(C)Cc2ccc(C)cc2)cc1. The molecule has 122 valence electrons. The van der Waals surface area contributed by atoms with Crippen molar-refractivity contribution >= 4 is 5.91 Å². The number of aryl methyl sites for hydroxylation is 1. The monoisotopic (exact) mass is 313 g/mol. The van der Waals surface area contributed by atoms with E-state index in [1.807, 2.05) is 43.3 Å². The van der Waals surface area contributed by atoms with Gasteiger partial charge in [0, 0.05) is 13.6 Å². The second kappa shape index (κ2) is 7.68. The zero-order chi connectivity index (χ0) is 16.8. The highest BCUT2D eigenvalue weighted by Gasteiger charge is 2.19. The molecule has 23 heavy (non-hydrogen) atoms. The van der Waals surface area contributed by atoms with Crippen LogP contribution < -0.4 is 9.47 Å². The molecular weight excluding hydrogens is 290 g/mol. The van der Waals surface area contributed by atoms with Crippen LogP contribution in [0.15, 0.2) is 48.5 Å². The third-order valence-electron chi connectivity index (χ3n) is 3.64. The molecule has 0 saturated heterocycles. The molecule has 0 unspecified atom stereocenters. The van der Waals surface area contributed by atoms with Crippen molar-refractivity contribution in [2.24, 2.45) is 0 Å². The molecule has 1 atom stereocenters. The molecule has 0 saturated carbocycles. The van der Waals surface area contributed by atoms with Gasteiger partial charge in [0.25, 0.3) is 5.91 Å². The van der Waals surface area contributed by atoms with Crippen LogP contribution in [0.5, 0.6) is 11.5 Å². The summed E-state index contributed by atoms with van der Waals surface area (Å²) in [5, 5.41) is 0. The van der Waals surface area contributed by atoms with Gasteiger partial charge in [0.15, 0.2) is 6.10 Å². The fourth-order valence-corrected chi connectivity index (χ4v) is 2.26. The van der Waals surface area contributed by atoms with Crippen molar-refractivity contribution in [3.63, 3.8) is 0 Å². The topological polar surface area (TPSA) is 38.8 Å². The Morgan fingerprint density at radius 1 is 1.04 bits per heavy atom. The summed E-state index contributed by atoms with van der Waals surface area (Å²) < 4.78 is 10.8. The second-order valence-corrected chi connectivity index (χ2v) is 5.62. The van der Waals surface area contributed by atoms with Crippen LogP contribution in [0.2, 0.25) is 0 Å². The maximum atomic E-state index is 12.4. The van der Waals surface area contributed by atoms with Gasteiger partial charge in [-0.2, -0.15) is 0 Å². The fourth-order valence-electron chi connectivity index (χ4n) is 2.26. The number of ether oxygens (including phenoxy) is 2. The van der Waals surface area contributed by atoms with Gasteiger partial charge in [-0.3, -0.25) is 4.79 Å². The Bertz CT molecular complexity index is 635. The van der Waals surface area contributed by atoms with E-state index in [2.05, 4.69) is 0 Å². The number of carbonyl (C=O) groups is 1. The van der Waals surface area contributed by atoms with Gasteiger partial charge in [-0.1, -0.05) is 29.8 Å². The molecule has 2 aromatic rings. The van der Waals surface area contributed by atoms with Crippen molar-refractivity contribution in [1.29, 1.82) is 0 Å². The average Bonchev–Trinajstić information content (AvgIpc) is 2.56. The molecular formula is C19H23NO3. The Morgan fingerprint density at radius 3 is 2.17 bits per heavy atom. The van der Waals surface area contributed by atoms with E-state index in [0.717, 1.165) is 11.3 Å². The summed E-state index contributed by atoms with van der Waals surface area (Å²) in [7, 11) is 3.40. The Morgan fingerprint density at radius 2 is 1.61 bits per heavy atom. The van der Waals surface area contributed by atoms with E-state index < -0.39 is 6.10 Å². The van der Waals surface area contributed by atoms with Crippen LogP contribution in [0.1, 0.15) is 18.1 Å². The highest BCUT2D eigenvalue weighted by molar-refractivity contribution is 5.80. The van der Waals surface area contributed by atoms with Crippen LogP contribution in [-0.2, 0) is 11.3 Å². The number of nitrogens with zero attached hydrogens (tertiary/aromatic N) is 1. The number of hydrogen-bond donors (Lipinski definition) is 0. The molecule has 2 aromatic carbocycles. The second-order valence-electron chi connectivity index (χ2n) is 5.62. The van der Waals surface area contributed by atoms with Gasteiger partial charge in [0.05, 0.1) is 7.11 Å². The van der Waals surface area contributed by atoms with Gasteiger partial charge >= 0.3 is 0 Å². The first-order valence-corrected chi connectivity index (χ1v) is 7.61. The van der Waals surface area contributed by atoms with Gasteiger partial charge in [0.1, 0.15) is 11.5 Å². The molecule has 0 aliphatic carbocycles. The quantitative estimate of drug-likeness (QED) is 0.820. The van der Waals surface area contributed by atoms with Gasteiger partial charge in [-0.25, -0.2) is 0 Å². The number of rotatable bonds is 6. The van der Waals surface area contributed by atoms with Crippen molar-refractivity contribution in [1.82, 2.24) is 4.90 Å². The van der Waals surface area contributed by atoms with Crippen molar-refractivity contribution in [3.05, 3.63) is 59.7 Å². The summed E-state index contributed by atoms with van der Waals surface area (Å²) >= 11 is 0. The predicted octanol–water partition coefficient (Wildman–Crippen LogP) is 3.43. The van der Waals surface area contributed by atoms with Crippen molar-refractivity contribution in [2.75, 3.05) is 14.2 Å². The summed E-state index contributed by atoms with van der Waals surface area (Å²) in [4.78, 5) is 14.1. The van der Waals surface area contributed by atoms with E-state index in [1.54, 1.807) is 38.1 Å². The molecule has 0 fully saturated rings. The smallest absolute Gasteiger partial charge is 0.263 e. The highest BCUT2D eigenvalue weighted by atomic mass is 16.5. The summed E-state index contributed by atoms with van der Waals surface area (Å²) in [6.45, 7) is 4.37. The first-order chi connectivity index (χ1) is 11.0. The Kier molecular flexibility index (Phi) is 5.63. The molecule has 0 aromatic heterocycles. The summed E-state index contributed by atoms with van der Waals surface area (Å²) in [6, 6.07) is 15.4. The van der Waals surface area contributed by atoms with E-state index in [0.29, 0.717) is 12.3 Å². The molecule has 0 heterocycles. The number of amides is 1. The van der Waals surface area contributed by atoms with Gasteiger partial charge in [-0.15, -0.1) is 0 Å². The Hall–Kier alpha value is -2.49. The van der Waals surface area contributed by atoms with Crippen LogP contribution in [0, 0.1) is 6.92 Å². The summed E-state index contributed by atoms with van der Waals surface area (Å²) in [6.07, 6.45) is -0.543.